The van der Waals surface area contributed by atoms with Crippen molar-refractivity contribution in [1.82, 2.24) is 5.32 Å². The molecule has 1 aromatic rings. The molecule has 0 bridgehead atoms. The van der Waals surface area contributed by atoms with Crippen LogP contribution in [0.25, 0.3) is 0 Å². The maximum Gasteiger partial charge on any atom is 0.118 e. The average Bonchev–Trinajstić information content (AvgIpc) is 2.82. The molecule has 112 valence electrons. The van der Waals surface area contributed by atoms with Gasteiger partial charge < -0.3 is 15.2 Å². The van der Waals surface area contributed by atoms with Crippen LogP contribution in [0.3, 0.4) is 0 Å². The van der Waals surface area contributed by atoms with Gasteiger partial charge in [0.2, 0.25) is 0 Å². The number of aliphatic hydroxyl groups excluding tert-OH is 1. The fourth-order valence-electron chi connectivity index (χ4n) is 2.96. The first-order chi connectivity index (χ1) is 9.57. The van der Waals surface area contributed by atoms with Crippen LogP contribution in [-0.4, -0.2) is 35.7 Å². The van der Waals surface area contributed by atoms with Gasteiger partial charge in [0.05, 0.1) is 13.7 Å². The van der Waals surface area contributed by atoms with Crippen molar-refractivity contribution >= 4 is 11.8 Å². The van der Waals surface area contributed by atoms with Crippen LogP contribution in [0.2, 0.25) is 0 Å². The molecule has 2 atom stereocenters. The number of hydrogen-bond donors (Lipinski definition) is 2. The Labute approximate surface area is 126 Å². The molecule has 1 fully saturated rings. The molecule has 1 aliphatic rings. The second-order valence-corrected chi connectivity index (χ2v) is 7.27. The smallest absolute Gasteiger partial charge is 0.118 e. The minimum absolute atomic E-state index is 0.0850. The molecule has 1 saturated carbocycles. The predicted octanol–water partition coefficient (Wildman–Crippen LogP) is 3.07. The van der Waals surface area contributed by atoms with Gasteiger partial charge in [0, 0.05) is 21.7 Å². The van der Waals surface area contributed by atoms with E-state index in [1.807, 2.05) is 23.9 Å². The molecule has 0 aliphatic heterocycles. The molecule has 0 amide bonds. The third-order valence-electron chi connectivity index (χ3n) is 3.82. The van der Waals surface area contributed by atoms with Gasteiger partial charge in [0.1, 0.15) is 5.75 Å². The summed E-state index contributed by atoms with van der Waals surface area (Å²) in [5, 5.41) is 13.9. The number of thioether (sulfide) groups is 1. The second-order valence-electron chi connectivity index (χ2n) is 5.90. The molecular formula is C16H25NO2S. The molecule has 3 nitrogen and oxygen atoms in total. The van der Waals surface area contributed by atoms with Gasteiger partial charge in [-0.1, -0.05) is 13.8 Å². The van der Waals surface area contributed by atoms with Crippen LogP contribution in [0, 0.1) is 0 Å². The summed E-state index contributed by atoms with van der Waals surface area (Å²) in [4.78, 5) is 1.27. The summed E-state index contributed by atoms with van der Waals surface area (Å²) in [6.07, 6.45) is 3.23. The number of hydrogen-bond acceptors (Lipinski definition) is 4. The first-order valence-corrected chi connectivity index (χ1v) is 8.14. The SMILES string of the molecule is COc1ccc(SC2CCC(CO)(NC(C)C)C2)cc1. The molecule has 1 aliphatic carbocycles. The van der Waals surface area contributed by atoms with E-state index in [1.165, 1.54) is 4.90 Å². The quantitative estimate of drug-likeness (QED) is 0.846. The summed E-state index contributed by atoms with van der Waals surface area (Å²) in [6, 6.07) is 8.63. The molecule has 0 heterocycles. The van der Waals surface area contributed by atoms with Crippen LogP contribution in [0.5, 0.6) is 5.75 Å². The van der Waals surface area contributed by atoms with Crippen LogP contribution in [-0.2, 0) is 0 Å². The minimum Gasteiger partial charge on any atom is -0.497 e. The van der Waals surface area contributed by atoms with Crippen molar-refractivity contribution < 1.29 is 9.84 Å². The lowest BCUT2D eigenvalue weighted by Gasteiger charge is -2.31. The molecule has 0 radical (unpaired) electrons. The van der Waals surface area contributed by atoms with Crippen molar-refractivity contribution in [1.29, 1.82) is 0 Å². The Kier molecular flexibility index (Phi) is 5.35. The van der Waals surface area contributed by atoms with Crippen molar-refractivity contribution in [3.63, 3.8) is 0 Å². The standard InChI is InChI=1S/C16H25NO2S/c1-12(2)17-16(11-18)9-8-15(10-16)20-14-6-4-13(19-3)5-7-14/h4-7,12,15,17-18H,8-11H2,1-3H3. The molecule has 2 N–H and O–H groups in total. The summed E-state index contributed by atoms with van der Waals surface area (Å²) in [5.41, 5.74) is -0.0850. The van der Waals surface area contributed by atoms with Gasteiger partial charge in [-0.05, 0) is 43.5 Å². The van der Waals surface area contributed by atoms with Crippen LogP contribution >= 0.6 is 11.8 Å². The number of nitrogens with one attached hydrogen (secondary N) is 1. The van der Waals surface area contributed by atoms with Crippen molar-refractivity contribution in [2.24, 2.45) is 0 Å². The molecule has 1 aromatic carbocycles. The van der Waals surface area contributed by atoms with E-state index in [-0.39, 0.29) is 12.1 Å². The largest absolute Gasteiger partial charge is 0.497 e. The van der Waals surface area contributed by atoms with Crippen LogP contribution < -0.4 is 10.1 Å². The van der Waals surface area contributed by atoms with E-state index in [0.29, 0.717) is 11.3 Å². The van der Waals surface area contributed by atoms with E-state index in [0.717, 1.165) is 25.0 Å². The molecule has 0 aromatic heterocycles. The van der Waals surface area contributed by atoms with E-state index in [1.54, 1.807) is 7.11 Å². The van der Waals surface area contributed by atoms with E-state index in [4.69, 9.17) is 4.74 Å². The lowest BCUT2D eigenvalue weighted by Crippen LogP contribution is -2.49. The van der Waals surface area contributed by atoms with Crippen LogP contribution in [0.1, 0.15) is 33.1 Å². The molecule has 4 heteroatoms. The summed E-state index contributed by atoms with van der Waals surface area (Å²) in [6.45, 7) is 4.51. The molecular weight excluding hydrogens is 270 g/mol. The Balaban J connectivity index is 1.94. The topological polar surface area (TPSA) is 41.5 Å². The summed E-state index contributed by atoms with van der Waals surface area (Å²) in [7, 11) is 1.69. The number of rotatable bonds is 6. The zero-order valence-corrected chi connectivity index (χ0v) is 13.4. The monoisotopic (exact) mass is 295 g/mol. The van der Waals surface area contributed by atoms with Gasteiger partial charge in [0.15, 0.2) is 0 Å². The Bertz CT molecular complexity index is 421. The zero-order chi connectivity index (χ0) is 14.6. The fourth-order valence-corrected chi connectivity index (χ4v) is 4.27. The fraction of sp³-hybridized carbons (Fsp3) is 0.625. The van der Waals surface area contributed by atoms with Crippen molar-refractivity contribution in [3.8, 4) is 5.75 Å². The number of aliphatic hydroxyl groups is 1. The Morgan fingerprint density at radius 3 is 2.65 bits per heavy atom. The highest BCUT2D eigenvalue weighted by Crippen LogP contribution is 2.40. The van der Waals surface area contributed by atoms with Crippen LogP contribution in [0.15, 0.2) is 29.2 Å². The molecule has 2 unspecified atom stereocenters. The second kappa shape index (κ2) is 6.83. The number of benzene rings is 1. The number of methoxy groups -OCH3 is 1. The maximum atomic E-state index is 9.73. The van der Waals surface area contributed by atoms with E-state index in [2.05, 4.69) is 31.3 Å². The zero-order valence-electron chi connectivity index (χ0n) is 12.6. The van der Waals surface area contributed by atoms with Crippen LogP contribution in [0.4, 0.5) is 0 Å². The van der Waals surface area contributed by atoms with Gasteiger partial charge in [-0.15, -0.1) is 11.8 Å². The van der Waals surface area contributed by atoms with E-state index >= 15 is 0 Å². The van der Waals surface area contributed by atoms with Crippen molar-refractivity contribution in [2.45, 2.75) is 54.8 Å². The Morgan fingerprint density at radius 1 is 1.40 bits per heavy atom. The maximum absolute atomic E-state index is 9.73. The van der Waals surface area contributed by atoms with Gasteiger partial charge >= 0.3 is 0 Å². The van der Waals surface area contributed by atoms with Gasteiger partial charge in [-0.3, -0.25) is 0 Å². The first-order valence-electron chi connectivity index (χ1n) is 7.26. The highest BCUT2D eigenvalue weighted by Gasteiger charge is 2.39. The molecule has 0 spiro atoms. The summed E-state index contributed by atoms with van der Waals surface area (Å²) < 4.78 is 5.18. The molecule has 20 heavy (non-hydrogen) atoms. The van der Waals surface area contributed by atoms with Crippen molar-refractivity contribution in [3.05, 3.63) is 24.3 Å². The molecule has 0 saturated heterocycles. The first kappa shape index (κ1) is 15.7. The number of ether oxygens (including phenoxy) is 1. The third-order valence-corrected chi connectivity index (χ3v) is 5.10. The predicted molar refractivity (Wildman–Crippen MR) is 84.6 cm³/mol. The minimum atomic E-state index is -0.0850. The van der Waals surface area contributed by atoms with Crippen molar-refractivity contribution in [2.75, 3.05) is 13.7 Å². The Hall–Kier alpha value is -0.710. The highest BCUT2D eigenvalue weighted by molar-refractivity contribution is 8.00. The molecule has 2 rings (SSSR count). The average molecular weight is 295 g/mol. The summed E-state index contributed by atoms with van der Waals surface area (Å²) in [5.74, 6) is 0.895. The van der Waals surface area contributed by atoms with E-state index < -0.39 is 0 Å². The lowest BCUT2D eigenvalue weighted by atomic mass is 9.98. The normalized spacial score (nSPS) is 26.1. The third kappa shape index (κ3) is 3.90. The van der Waals surface area contributed by atoms with Gasteiger partial charge in [0.25, 0.3) is 0 Å². The Morgan fingerprint density at radius 2 is 2.10 bits per heavy atom. The summed E-state index contributed by atoms with van der Waals surface area (Å²) >= 11 is 1.91. The van der Waals surface area contributed by atoms with E-state index in [9.17, 15) is 5.11 Å². The lowest BCUT2D eigenvalue weighted by molar-refractivity contribution is 0.156. The highest BCUT2D eigenvalue weighted by atomic mass is 32.2. The van der Waals surface area contributed by atoms with Gasteiger partial charge in [-0.25, -0.2) is 0 Å². The van der Waals surface area contributed by atoms with Gasteiger partial charge in [-0.2, -0.15) is 0 Å².